The van der Waals surface area contributed by atoms with E-state index in [4.69, 9.17) is 4.74 Å². The first-order valence-corrected chi connectivity index (χ1v) is 8.58. The molecule has 0 bridgehead atoms. The van der Waals surface area contributed by atoms with Gasteiger partial charge in [0.05, 0.1) is 7.11 Å². The highest BCUT2D eigenvalue weighted by Gasteiger charge is 2.37. The van der Waals surface area contributed by atoms with Gasteiger partial charge in [0.15, 0.2) is 5.96 Å². The second-order valence-electron chi connectivity index (χ2n) is 6.23. The van der Waals surface area contributed by atoms with E-state index >= 15 is 0 Å². The van der Waals surface area contributed by atoms with Crippen molar-refractivity contribution in [3.8, 4) is 0 Å². The van der Waals surface area contributed by atoms with Gasteiger partial charge in [-0.15, -0.1) is 24.0 Å². The fraction of sp³-hybridized carbons (Fsp3) is 0.875. The Bertz CT molecular complexity index is 398. The molecule has 0 aromatic heterocycles. The van der Waals surface area contributed by atoms with Gasteiger partial charge in [0.1, 0.15) is 0 Å². The van der Waals surface area contributed by atoms with Crippen molar-refractivity contribution >= 4 is 36.0 Å². The number of piperidine rings is 1. The van der Waals surface area contributed by atoms with Crippen LogP contribution in [0.1, 0.15) is 46.0 Å². The number of nitrogens with one attached hydrogen (secondary N) is 2. The smallest absolute Gasteiger partial charge is 0.409 e. The molecule has 1 saturated heterocycles. The van der Waals surface area contributed by atoms with Crippen LogP contribution in [0.4, 0.5) is 4.79 Å². The maximum Gasteiger partial charge on any atom is 0.409 e. The second kappa shape index (κ2) is 10.2. The molecule has 134 valence electrons. The molecule has 0 aromatic carbocycles. The lowest BCUT2D eigenvalue weighted by atomic mass is 10.1. The lowest BCUT2D eigenvalue weighted by molar-refractivity contribution is 0.111. The Balaban J connectivity index is 0.00000264. The molecule has 1 aliphatic heterocycles. The molecule has 0 aromatic rings. The van der Waals surface area contributed by atoms with E-state index in [2.05, 4.69) is 29.5 Å². The number of amides is 1. The summed E-state index contributed by atoms with van der Waals surface area (Å²) in [5.41, 5.74) is 0. The second-order valence-corrected chi connectivity index (χ2v) is 6.23. The van der Waals surface area contributed by atoms with Gasteiger partial charge in [0.25, 0.3) is 0 Å². The van der Waals surface area contributed by atoms with Gasteiger partial charge >= 0.3 is 6.09 Å². The summed E-state index contributed by atoms with van der Waals surface area (Å²) in [6.07, 6.45) is 5.46. The van der Waals surface area contributed by atoms with Crippen LogP contribution in [0, 0.1) is 5.92 Å². The van der Waals surface area contributed by atoms with Crippen LogP contribution in [-0.2, 0) is 4.74 Å². The maximum atomic E-state index is 11.5. The molecule has 1 saturated carbocycles. The minimum Gasteiger partial charge on any atom is -0.453 e. The van der Waals surface area contributed by atoms with Crippen LogP contribution < -0.4 is 10.6 Å². The van der Waals surface area contributed by atoms with Crippen molar-refractivity contribution in [2.24, 2.45) is 10.9 Å². The Morgan fingerprint density at radius 1 is 1.26 bits per heavy atom. The van der Waals surface area contributed by atoms with E-state index in [0.29, 0.717) is 12.1 Å². The van der Waals surface area contributed by atoms with Crippen molar-refractivity contribution in [1.82, 2.24) is 15.5 Å². The molecule has 2 atom stereocenters. The number of rotatable bonds is 5. The zero-order chi connectivity index (χ0) is 15.9. The van der Waals surface area contributed by atoms with E-state index in [0.717, 1.165) is 44.4 Å². The molecule has 2 fully saturated rings. The molecule has 2 rings (SSSR count). The number of ether oxygens (including phenoxy) is 1. The molecule has 0 radical (unpaired) electrons. The normalized spacial score (nSPS) is 24.7. The Labute approximate surface area is 156 Å². The third kappa shape index (κ3) is 6.35. The zero-order valence-electron chi connectivity index (χ0n) is 14.5. The quantitative estimate of drug-likeness (QED) is 0.394. The summed E-state index contributed by atoms with van der Waals surface area (Å²) >= 11 is 0. The number of carbonyl (C=O) groups is 1. The summed E-state index contributed by atoms with van der Waals surface area (Å²) in [6, 6.07) is 0.968. The van der Waals surface area contributed by atoms with Gasteiger partial charge in [0, 0.05) is 31.7 Å². The van der Waals surface area contributed by atoms with Gasteiger partial charge in [-0.25, -0.2) is 4.79 Å². The summed E-state index contributed by atoms with van der Waals surface area (Å²) in [7, 11) is 1.44. The van der Waals surface area contributed by atoms with Crippen molar-refractivity contribution < 1.29 is 9.53 Å². The number of nitrogens with zero attached hydrogens (tertiary/aromatic N) is 2. The first-order valence-electron chi connectivity index (χ1n) is 8.58. The lowest BCUT2D eigenvalue weighted by Gasteiger charge is -2.32. The molecule has 2 N–H and O–H groups in total. The summed E-state index contributed by atoms with van der Waals surface area (Å²) in [5, 5.41) is 7.08. The molecule has 1 heterocycles. The number of hydrogen-bond acceptors (Lipinski definition) is 3. The predicted molar refractivity (Wildman–Crippen MR) is 103 cm³/mol. The SMILES string of the molecule is CCCC1CC1NC(=NCC)NC1CCN(C(=O)OC)CC1.I. The first kappa shape index (κ1) is 20.3. The molecule has 1 aliphatic carbocycles. The van der Waals surface area contributed by atoms with E-state index in [9.17, 15) is 4.79 Å². The fourth-order valence-electron chi connectivity index (χ4n) is 3.11. The van der Waals surface area contributed by atoms with Crippen molar-refractivity contribution in [1.29, 1.82) is 0 Å². The standard InChI is InChI=1S/C16H30N4O2.HI/c1-4-6-12-11-14(12)19-15(17-5-2)18-13-7-9-20(10-8-13)16(21)22-3;/h12-14H,4-11H2,1-3H3,(H2,17,18,19);1H. The zero-order valence-corrected chi connectivity index (χ0v) is 16.8. The molecule has 2 unspecified atom stereocenters. The number of aliphatic imine (C=N–C) groups is 1. The first-order chi connectivity index (χ1) is 10.7. The minimum atomic E-state index is -0.223. The van der Waals surface area contributed by atoms with Crippen molar-refractivity contribution in [2.45, 2.75) is 58.0 Å². The van der Waals surface area contributed by atoms with Crippen LogP contribution in [0.15, 0.2) is 4.99 Å². The largest absolute Gasteiger partial charge is 0.453 e. The highest BCUT2D eigenvalue weighted by atomic mass is 127. The highest BCUT2D eigenvalue weighted by Crippen LogP contribution is 2.34. The van der Waals surface area contributed by atoms with Crippen LogP contribution in [0.25, 0.3) is 0 Å². The average molecular weight is 438 g/mol. The molecular formula is C16H31IN4O2. The van der Waals surface area contributed by atoms with Crippen molar-refractivity contribution in [3.63, 3.8) is 0 Å². The molecule has 2 aliphatic rings. The van der Waals surface area contributed by atoms with Crippen LogP contribution in [-0.4, -0.2) is 55.8 Å². The monoisotopic (exact) mass is 438 g/mol. The third-order valence-corrected chi connectivity index (χ3v) is 4.49. The molecule has 6 nitrogen and oxygen atoms in total. The predicted octanol–water partition coefficient (Wildman–Crippen LogP) is 2.58. The van der Waals surface area contributed by atoms with Gasteiger partial charge in [-0.3, -0.25) is 4.99 Å². The number of carbonyl (C=O) groups excluding carboxylic acids is 1. The molecule has 0 spiro atoms. The van der Waals surface area contributed by atoms with Gasteiger partial charge in [-0.2, -0.15) is 0 Å². The Kier molecular flexibility index (Phi) is 9.01. The number of halogens is 1. The van der Waals surface area contributed by atoms with E-state index < -0.39 is 0 Å². The topological polar surface area (TPSA) is 66.0 Å². The summed E-state index contributed by atoms with van der Waals surface area (Å²) in [6.45, 7) is 6.56. The van der Waals surface area contributed by atoms with Crippen LogP contribution in [0.3, 0.4) is 0 Å². The average Bonchev–Trinajstić information content (AvgIpc) is 3.25. The van der Waals surface area contributed by atoms with Gasteiger partial charge in [0.2, 0.25) is 0 Å². The number of guanidine groups is 1. The molecule has 23 heavy (non-hydrogen) atoms. The van der Waals surface area contributed by atoms with Crippen LogP contribution in [0.2, 0.25) is 0 Å². The summed E-state index contributed by atoms with van der Waals surface area (Å²) < 4.78 is 4.77. The highest BCUT2D eigenvalue weighted by molar-refractivity contribution is 14.0. The third-order valence-electron chi connectivity index (χ3n) is 4.49. The molecular weight excluding hydrogens is 407 g/mol. The van der Waals surface area contributed by atoms with Crippen molar-refractivity contribution in [2.75, 3.05) is 26.7 Å². The Morgan fingerprint density at radius 3 is 2.52 bits per heavy atom. The molecule has 7 heteroatoms. The summed E-state index contributed by atoms with van der Waals surface area (Å²) in [4.78, 5) is 17.8. The summed E-state index contributed by atoms with van der Waals surface area (Å²) in [5.74, 6) is 1.75. The number of hydrogen-bond donors (Lipinski definition) is 2. The van der Waals surface area contributed by atoms with Gasteiger partial charge < -0.3 is 20.3 Å². The number of methoxy groups -OCH3 is 1. The molecule has 1 amide bonds. The van der Waals surface area contributed by atoms with E-state index in [1.807, 2.05) is 0 Å². The van der Waals surface area contributed by atoms with Crippen molar-refractivity contribution in [3.05, 3.63) is 0 Å². The van der Waals surface area contributed by atoms with Crippen LogP contribution >= 0.6 is 24.0 Å². The van der Waals surface area contributed by atoms with E-state index in [1.54, 1.807) is 4.90 Å². The van der Waals surface area contributed by atoms with Crippen LogP contribution in [0.5, 0.6) is 0 Å². The fourth-order valence-corrected chi connectivity index (χ4v) is 3.11. The van der Waals surface area contributed by atoms with Gasteiger partial charge in [-0.05, 0) is 38.5 Å². The van der Waals surface area contributed by atoms with E-state index in [1.165, 1.54) is 26.4 Å². The minimum absolute atomic E-state index is 0. The van der Waals surface area contributed by atoms with Gasteiger partial charge in [-0.1, -0.05) is 13.3 Å². The number of likely N-dealkylation sites (tertiary alicyclic amines) is 1. The Morgan fingerprint density at radius 2 is 1.96 bits per heavy atom. The lowest BCUT2D eigenvalue weighted by Crippen LogP contribution is -2.50. The Hall–Kier alpha value is -0.730. The van der Waals surface area contributed by atoms with E-state index in [-0.39, 0.29) is 30.1 Å². The maximum absolute atomic E-state index is 11.5.